The lowest BCUT2D eigenvalue weighted by molar-refractivity contribution is -0.117. The van der Waals surface area contributed by atoms with E-state index in [4.69, 9.17) is 0 Å². The van der Waals surface area contributed by atoms with Crippen LogP contribution in [0, 0.1) is 17.3 Å². The molecule has 2 rings (SSSR count). The molecule has 2 aliphatic rings. The van der Waals surface area contributed by atoms with Gasteiger partial charge in [0.2, 0.25) is 0 Å². The van der Waals surface area contributed by atoms with E-state index < -0.39 is 0 Å². The van der Waals surface area contributed by atoms with Gasteiger partial charge in [0.25, 0.3) is 0 Å². The van der Waals surface area contributed by atoms with Crippen LogP contribution in [-0.4, -0.2) is 5.78 Å². The molecule has 0 radical (unpaired) electrons. The standard InChI is InChI=1S/C14H22O/c1-14(2)9-8-12(15)10-13(14)11-6-4-3-5-7-11/h8-9,11,13H,3-7,10H2,1-2H3. The van der Waals surface area contributed by atoms with Crippen molar-refractivity contribution in [1.82, 2.24) is 0 Å². The summed E-state index contributed by atoms with van der Waals surface area (Å²) >= 11 is 0. The molecule has 0 aromatic rings. The van der Waals surface area contributed by atoms with Crippen LogP contribution in [0.4, 0.5) is 0 Å². The van der Waals surface area contributed by atoms with Crippen molar-refractivity contribution < 1.29 is 4.79 Å². The fourth-order valence-electron chi connectivity index (χ4n) is 3.29. The van der Waals surface area contributed by atoms with E-state index in [9.17, 15) is 4.79 Å². The van der Waals surface area contributed by atoms with Crippen LogP contribution in [0.3, 0.4) is 0 Å². The third kappa shape index (κ3) is 2.32. The SMILES string of the molecule is CC1(C)C=CC(=O)CC1C1CCCCC1. The number of ketones is 1. The van der Waals surface area contributed by atoms with Crippen molar-refractivity contribution in [3.05, 3.63) is 12.2 Å². The van der Waals surface area contributed by atoms with Gasteiger partial charge in [-0.2, -0.15) is 0 Å². The summed E-state index contributed by atoms with van der Waals surface area (Å²) in [7, 11) is 0. The smallest absolute Gasteiger partial charge is 0.155 e. The minimum absolute atomic E-state index is 0.232. The Morgan fingerprint density at radius 1 is 1.20 bits per heavy atom. The molecular formula is C14H22O. The largest absolute Gasteiger partial charge is 0.295 e. The Hall–Kier alpha value is -0.590. The van der Waals surface area contributed by atoms with Gasteiger partial charge in [-0.05, 0) is 23.3 Å². The lowest BCUT2D eigenvalue weighted by Crippen LogP contribution is -2.34. The van der Waals surface area contributed by atoms with E-state index in [1.807, 2.05) is 0 Å². The zero-order valence-corrected chi connectivity index (χ0v) is 9.96. The maximum Gasteiger partial charge on any atom is 0.155 e. The number of hydrogen-bond acceptors (Lipinski definition) is 1. The first kappa shape index (κ1) is 10.9. The first-order valence-corrected chi connectivity index (χ1v) is 6.32. The highest BCUT2D eigenvalue weighted by Crippen LogP contribution is 2.44. The van der Waals surface area contributed by atoms with Gasteiger partial charge in [-0.1, -0.05) is 52.0 Å². The molecule has 0 aromatic heterocycles. The average Bonchev–Trinajstić information content (AvgIpc) is 2.23. The summed E-state index contributed by atoms with van der Waals surface area (Å²) in [5, 5.41) is 0. The van der Waals surface area contributed by atoms with Gasteiger partial charge in [-0.3, -0.25) is 4.79 Å². The van der Waals surface area contributed by atoms with Crippen LogP contribution >= 0.6 is 0 Å². The molecule has 2 aliphatic carbocycles. The first-order chi connectivity index (χ1) is 7.09. The first-order valence-electron chi connectivity index (χ1n) is 6.32. The lowest BCUT2D eigenvalue weighted by Gasteiger charge is -2.41. The summed E-state index contributed by atoms with van der Waals surface area (Å²) in [4.78, 5) is 11.5. The van der Waals surface area contributed by atoms with E-state index in [1.165, 1.54) is 32.1 Å². The number of allylic oxidation sites excluding steroid dienone is 2. The minimum Gasteiger partial charge on any atom is -0.295 e. The second-order valence-corrected chi connectivity index (χ2v) is 5.83. The molecule has 0 bridgehead atoms. The Morgan fingerprint density at radius 2 is 1.87 bits per heavy atom. The van der Waals surface area contributed by atoms with E-state index in [1.54, 1.807) is 6.08 Å². The van der Waals surface area contributed by atoms with E-state index in [0.717, 1.165) is 12.3 Å². The van der Waals surface area contributed by atoms with E-state index in [2.05, 4.69) is 19.9 Å². The summed E-state index contributed by atoms with van der Waals surface area (Å²) in [6, 6.07) is 0. The molecule has 15 heavy (non-hydrogen) atoms. The van der Waals surface area contributed by atoms with Crippen molar-refractivity contribution in [3.63, 3.8) is 0 Å². The van der Waals surface area contributed by atoms with Gasteiger partial charge in [0.15, 0.2) is 5.78 Å². The Morgan fingerprint density at radius 3 is 2.53 bits per heavy atom. The van der Waals surface area contributed by atoms with Crippen molar-refractivity contribution >= 4 is 5.78 Å². The molecule has 0 aliphatic heterocycles. The second kappa shape index (κ2) is 4.11. The molecule has 1 saturated carbocycles. The predicted molar refractivity (Wildman–Crippen MR) is 62.6 cm³/mol. The Kier molecular flexibility index (Phi) is 2.99. The van der Waals surface area contributed by atoms with Crippen molar-refractivity contribution in [2.45, 2.75) is 52.4 Å². The summed E-state index contributed by atoms with van der Waals surface area (Å²) in [6.45, 7) is 4.57. The van der Waals surface area contributed by atoms with Crippen LogP contribution < -0.4 is 0 Å². The van der Waals surface area contributed by atoms with Crippen LogP contribution in [0.25, 0.3) is 0 Å². The number of carbonyl (C=O) groups is 1. The molecule has 0 heterocycles. The third-order valence-electron chi connectivity index (χ3n) is 4.29. The van der Waals surface area contributed by atoms with Crippen molar-refractivity contribution in [2.75, 3.05) is 0 Å². The molecule has 1 unspecified atom stereocenters. The van der Waals surface area contributed by atoms with Crippen LogP contribution in [0.5, 0.6) is 0 Å². The summed E-state index contributed by atoms with van der Waals surface area (Å²) in [6.07, 6.45) is 11.5. The summed E-state index contributed by atoms with van der Waals surface area (Å²) in [5.41, 5.74) is 0.232. The van der Waals surface area contributed by atoms with Gasteiger partial charge in [0, 0.05) is 6.42 Å². The quantitative estimate of drug-likeness (QED) is 0.638. The zero-order valence-electron chi connectivity index (χ0n) is 9.96. The van der Waals surface area contributed by atoms with Gasteiger partial charge in [-0.25, -0.2) is 0 Å². The fourth-order valence-corrected chi connectivity index (χ4v) is 3.29. The van der Waals surface area contributed by atoms with Crippen LogP contribution in [0.15, 0.2) is 12.2 Å². The van der Waals surface area contributed by atoms with Gasteiger partial charge in [0.1, 0.15) is 0 Å². The Labute approximate surface area is 92.9 Å². The molecule has 0 N–H and O–H groups in total. The minimum atomic E-state index is 0.232. The lowest BCUT2D eigenvalue weighted by atomic mass is 9.63. The molecule has 0 spiro atoms. The van der Waals surface area contributed by atoms with Crippen LogP contribution in [0.1, 0.15) is 52.4 Å². The van der Waals surface area contributed by atoms with E-state index >= 15 is 0 Å². The van der Waals surface area contributed by atoms with Crippen LogP contribution in [-0.2, 0) is 4.79 Å². The van der Waals surface area contributed by atoms with Gasteiger partial charge >= 0.3 is 0 Å². The van der Waals surface area contributed by atoms with Crippen molar-refractivity contribution in [1.29, 1.82) is 0 Å². The van der Waals surface area contributed by atoms with E-state index in [0.29, 0.717) is 11.7 Å². The van der Waals surface area contributed by atoms with Gasteiger partial charge in [-0.15, -0.1) is 0 Å². The highest BCUT2D eigenvalue weighted by atomic mass is 16.1. The molecule has 0 saturated heterocycles. The molecule has 1 fully saturated rings. The number of hydrogen-bond donors (Lipinski definition) is 0. The third-order valence-corrected chi connectivity index (χ3v) is 4.29. The normalized spacial score (nSPS) is 31.9. The molecular weight excluding hydrogens is 184 g/mol. The topological polar surface area (TPSA) is 17.1 Å². The Bertz CT molecular complexity index is 269. The number of rotatable bonds is 1. The predicted octanol–water partition coefficient (Wildman–Crippen LogP) is 3.74. The van der Waals surface area contributed by atoms with E-state index in [-0.39, 0.29) is 5.41 Å². The molecule has 1 atom stereocenters. The van der Waals surface area contributed by atoms with Gasteiger partial charge in [0.05, 0.1) is 0 Å². The fraction of sp³-hybridized carbons (Fsp3) is 0.786. The van der Waals surface area contributed by atoms with Crippen molar-refractivity contribution in [2.24, 2.45) is 17.3 Å². The summed E-state index contributed by atoms with van der Waals surface area (Å²) < 4.78 is 0. The number of carbonyl (C=O) groups excluding carboxylic acids is 1. The molecule has 84 valence electrons. The van der Waals surface area contributed by atoms with Gasteiger partial charge < -0.3 is 0 Å². The highest BCUT2D eigenvalue weighted by molar-refractivity contribution is 5.90. The van der Waals surface area contributed by atoms with Crippen LogP contribution in [0.2, 0.25) is 0 Å². The monoisotopic (exact) mass is 206 g/mol. The highest BCUT2D eigenvalue weighted by Gasteiger charge is 2.37. The molecule has 0 aromatic carbocycles. The molecule has 1 heteroatoms. The van der Waals surface area contributed by atoms with Crippen molar-refractivity contribution in [3.8, 4) is 0 Å². The molecule has 1 nitrogen and oxygen atoms in total. The second-order valence-electron chi connectivity index (χ2n) is 5.83. The summed E-state index contributed by atoms with van der Waals surface area (Å²) in [5.74, 6) is 1.72. The molecule has 0 amide bonds. The zero-order chi connectivity index (χ0) is 10.9. The maximum atomic E-state index is 11.5. The Balaban J connectivity index is 2.12. The maximum absolute atomic E-state index is 11.5. The average molecular weight is 206 g/mol.